The third kappa shape index (κ3) is 12.0. The van der Waals surface area contributed by atoms with Gasteiger partial charge in [0.25, 0.3) is 0 Å². The first kappa shape index (κ1) is 48.7. The Labute approximate surface area is 391 Å². The van der Waals surface area contributed by atoms with Crippen LogP contribution < -0.4 is 30.2 Å². The van der Waals surface area contributed by atoms with Gasteiger partial charge in [0, 0.05) is 44.3 Å². The first-order valence-corrected chi connectivity index (χ1v) is 22.0. The summed E-state index contributed by atoms with van der Waals surface area (Å²) in [7, 11) is 0. The van der Waals surface area contributed by atoms with Crippen LogP contribution in [0.25, 0.3) is 0 Å². The Bertz CT molecular complexity index is 2580. The van der Waals surface area contributed by atoms with E-state index >= 15 is 8.78 Å². The van der Waals surface area contributed by atoms with Crippen LogP contribution in [0.2, 0.25) is 0 Å². The molecule has 8 rings (SSSR count). The van der Waals surface area contributed by atoms with Crippen LogP contribution in [0.4, 0.5) is 41.1 Å². The van der Waals surface area contributed by atoms with Crippen molar-refractivity contribution < 1.29 is 56.5 Å². The van der Waals surface area contributed by atoms with Crippen LogP contribution in [0.15, 0.2) is 48.8 Å². The summed E-state index contributed by atoms with van der Waals surface area (Å²) in [5, 5.41) is 13.9. The maximum Gasteiger partial charge on any atom is 0.414 e. The fourth-order valence-electron chi connectivity index (χ4n) is 8.01. The van der Waals surface area contributed by atoms with E-state index in [1.54, 1.807) is 66.8 Å². The highest BCUT2D eigenvalue weighted by Crippen LogP contribution is 2.35. The second-order valence-electron chi connectivity index (χ2n) is 18.8. The van der Waals surface area contributed by atoms with E-state index in [-0.39, 0.29) is 63.0 Å². The topological polar surface area (TPSA) is 212 Å². The SMILES string of the molecule is CC(=O)NC[C@H]1CN(c2ccc(N3Cc4cn(CC(=O)OC(C)(C)C)nc4C3)c(F)c2)C(=O)O1.CC(=O)NC[C@H]1CN(c2ccc(N3Cc4cnn(CC(=O)OC(C)(C)C)c4C3)c(F)c2)C(=O)O1. The van der Waals surface area contributed by atoms with Crippen LogP contribution in [0.3, 0.4) is 0 Å². The molecule has 4 aromatic rings. The molecule has 22 heteroatoms. The van der Waals surface area contributed by atoms with Gasteiger partial charge in [0.1, 0.15) is 48.1 Å². The van der Waals surface area contributed by atoms with Gasteiger partial charge in [0.05, 0.1) is 79.6 Å². The normalized spacial score (nSPS) is 17.6. The maximum absolute atomic E-state index is 15.1. The van der Waals surface area contributed by atoms with Gasteiger partial charge < -0.3 is 39.4 Å². The van der Waals surface area contributed by atoms with Crippen molar-refractivity contribution in [3.63, 3.8) is 0 Å². The number of amides is 4. The molecule has 68 heavy (non-hydrogen) atoms. The van der Waals surface area contributed by atoms with E-state index in [9.17, 15) is 28.8 Å². The van der Waals surface area contributed by atoms with Crippen molar-refractivity contribution in [3.05, 3.63) is 82.9 Å². The van der Waals surface area contributed by atoms with Gasteiger partial charge in [-0.1, -0.05) is 0 Å². The molecule has 0 saturated carbocycles. The number of hydrogen-bond donors (Lipinski definition) is 2. The molecule has 2 aromatic carbocycles. The van der Waals surface area contributed by atoms with Gasteiger partial charge in [-0.05, 0) is 77.9 Å². The number of nitrogens with one attached hydrogen (secondary N) is 2. The zero-order chi connectivity index (χ0) is 49.2. The number of benzene rings is 2. The zero-order valence-corrected chi connectivity index (χ0v) is 39.3. The molecule has 2 saturated heterocycles. The molecule has 0 spiro atoms. The standard InChI is InChI=1S/2C23H28FN5O5/c1-14(30)25-8-17-11-29(22(32)33-17)16-5-6-20(18(24)7-16)27-9-15-10-28(26-19(15)12-27)13-21(31)34-23(2,3)4;1-14(30)25-9-17-11-28(22(32)33-17)16-5-6-19(18(24)7-16)27-10-15-8-26-29(20(15)12-27)13-21(31)34-23(2,3)4/h5-7,10,17H,8-9,11-13H2,1-4H3,(H,25,30);5-8,17H,9-13H2,1-4H3,(H,25,30)/t2*17-/m00/s1. The van der Waals surface area contributed by atoms with Crippen LogP contribution in [-0.4, -0.2) is 105 Å². The number of anilines is 4. The lowest BCUT2D eigenvalue weighted by molar-refractivity contribution is -0.157. The van der Waals surface area contributed by atoms with Gasteiger partial charge in [-0.25, -0.2) is 18.4 Å². The largest absolute Gasteiger partial charge is 0.459 e. The van der Waals surface area contributed by atoms with Crippen LogP contribution in [0.1, 0.15) is 77.9 Å². The zero-order valence-electron chi connectivity index (χ0n) is 39.3. The molecule has 2 atom stereocenters. The summed E-state index contributed by atoms with van der Waals surface area (Å²) in [6.45, 7) is 16.1. The van der Waals surface area contributed by atoms with Gasteiger partial charge in [-0.3, -0.25) is 38.3 Å². The first-order valence-electron chi connectivity index (χ1n) is 22.0. The van der Waals surface area contributed by atoms with E-state index in [0.717, 1.165) is 22.5 Å². The van der Waals surface area contributed by atoms with Crippen molar-refractivity contribution in [3.8, 4) is 0 Å². The highest BCUT2D eigenvalue weighted by Gasteiger charge is 2.35. The van der Waals surface area contributed by atoms with Gasteiger partial charge in [-0.2, -0.15) is 10.2 Å². The molecule has 0 radical (unpaired) electrons. The summed E-state index contributed by atoms with van der Waals surface area (Å²) in [6.07, 6.45) is 1.30. The Balaban J connectivity index is 0.000000201. The fraction of sp³-hybridized carbons (Fsp3) is 0.478. The quantitative estimate of drug-likeness (QED) is 0.146. The minimum atomic E-state index is -0.587. The molecule has 6 heterocycles. The number of nitrogens with zero attached hydrogens (tertiary/aromatic N) is 8. The number of hydrogen-bond acceptors (Lipinski definition) is 14. The Morgan fingerprint density at radius 3 is 1.66 bits per heavy atom. The monoisotopic (exact) mass is 946 g/mol. The summed E-state index contributed by atoms with van der Waals surface area (Å²) < 4.78 is 54.4. The number of esters is 2. The summed E-state index contributed by atoms with van der Waals surface area (Å²) in [5.41, 5.74) is 3.82. The molecule has 2 aromatic heterocycles. The Morgan fingerprint density at radius 2 is 1.19 bits per heavy atom. The van der Waals surface area contributed by atoms with E-state index in [0.29, 0.717) is 48.9 Å². The summed E-state index contributed by atoms with van der Waals surface area (Å²) in [4.78, 5) is 77.2. The number of ether oxygens (including phenoxy) is 4. The number of rotatable bonds is 12. The molecule has 4 amide bonds. The third-order valence-electron chi connectivity index (χ3n) is 10.8. The maximum atomic E-state index is 15.1. The molecular weight excluding hydrogens is 891 g/mol. The van der Waals surface area contributed by atoms with Crippen molar-refractivity contribution in [2.24, 2.45) is 0 Å². The van der Waals surface area contributed by atoms with Crippen LogP contribution >= 0.6 is 0 Å². The second-order valence-corrected chi connectivity index (χ2v) is 18.8. The number of fused-ring (bicyclic) bond motifs is 2. The average molecular weight is 947 g/mol. The Hall–Kier alpha value is -7.26. The van der Waals surface area contributed by atoms with Gasteiger partial charge in [0.2, 0.25) is 11.8 Å². The summed E-state index contributed by atoms with van der Waals surface area (Å²) >= 11 is 0. The number of cyclic esters (lactones) is 2. The lowest BCUT2D eigenvalue weighted by atomic mass is 10.2. The van der Waals surface area contributed by atoms with Crippen molar-refractivity contribution in [2.75, 3.05) is 45.8 Å². The van der Waals surface area contributed by atoms with Gasteiger partial charge in [-0.15, -0.1) is 0 Å². The molecule has 4 aliphatic rings. The summed E-state index contributed by atoms with van der Waals surface area (Å²) in [5.74, 6) is -2.14. The van der Waals surface area contributed by atoms with Gasteiger partial charge >= 0.3 is 24.1 Å². The van der Waals surface area contributed by atoms with Crippen molar-refractivity contribution in [2.45, 2.75) is 118 Å². The Morgan fingerprint density at radius 1 is 0.706 bits per heavy atom. The molecule has 0 unspecified atom stereocenters. The number of carbonyl (C=O) groups is 6. The highest BCUT2D eigenvalue weighted by molar-refractivity contribution is 5.91. The predicted octanol–water partition coefficient (Wildman–Crippen LogP) is 4.69. The first-order chi connectivity index (χ1) is 32.0. The molecule has 0 bridgehead atoms. The number of halogens is 2. The lowest BCUT2D eigenvalue weighted by Crippen LogP contribution is -2.33. The molecule has 4 aliphatic heterocycles. The molecule has 0 aliphatic carbocycles. The highest BCUT2D eigenvalue weighted by atomic mass is 19.1. The predicted molar refractivity (Wildman–Crippen MR) is 241 cm³/mol. The average Bonchev–Trinajstić information content (AvgIpc) is 4.08. The van der Waals surface area contributed by atoms with Crippen molar-refractivity contribution in [1.29, 1.82) is 0 Å². The van der Waals surface area contributed by atoms with E-state index in [1.807, 2.05) is 30.6 Å². The molecule has 364 valence electrons. The van der Waals surface area contributed by atoms with E-state index in [2.05, 4.69) is 20.8 Å². The Kier molecular flexibility index (Phi) is 14.0. The minimum absolute atomic E-state index is 0.0153. The van der Waals surface area contributed by atoms with E-state index in [1.165, 1.54) is 35.8 Å². The van der Waals surface area contributed by atoms with Crippen LogP contribution in [0, 0.1) is 11.6 Å². The van der Waals surface area contributed by atoms with E-state index < -0.39 is 47.2 Å². The van der Waals surface area contributed by atoms with Crippen LogP contribution in [0.5, 0.6) is 0 Å². The molecule has 20 nitrogen and oxygen atoms in total. The number of aromatic nitrogens is 4. The summed E-state index contributed by atoms with van der Waals surface area (Å²) in [6, 6.07) is 9.18. The molecule has 2 N–H and O–H groups in total. The second kappa shape index (κ2) is 19.5. The van der Waals surface area contributed by atoms with Crippen molar-refractivity contribution in [1.82, 2.24) is 30.2 Å². The third-order valence-corrected chi connectivity index (χ3v) is 10.8. The molecule has 2 fully saturated rings. The lowest BCUT2D eigenvalue weighted by Gasteiger charge is -2.21. The van der Waals surface area contributed by atoms with E-state index in [4.69, 9.17) is 18.9 Å². The smallest absolute Gasteiger partial charge is 0.414 e. The number of carbonyl (C=O) groups excluding carboxylic acids is 6. The molecular formula is C46H56F2N10O10. The fourth-order valence-corrected chi connectivity index (χ4v) is 8.01. The van der Waals surface area contributed by atoms with Crippen molar-refractivity contribution >= 4 is 58.7 Å². The van der Waals surface area contributed by atoms with Crippen LogP contribution in [-0.2, 0) is 77.4 Å². The minimum Gasteiger partial charge on any atom is -0.459 e. The van der Waals surface area contributed by atoms with Gasteiger partial charge in [0.15, 0.2) is 0 Å².